The van der Waals surface area contributed by atoms with Crippen molar-refractivity contribution in [3.8, 4) is 11.3 Å². The average Bonchev–Trinajstić information content (AvgIpc) is 2.47. The maximum absolute atomic E-state index is 11.5. The first-order valence-corrected chi connectivity index (χ1v) is 7.95. The number of carbonyl (C=O) groups is 1. The van der Waals surface area contributed by atoms with E-state index in [1.165, 1.54) is 17.8 Å². The van der Waals surface area contributed by atoms with Crippen molar-refractivity contribution in [3.63, 3.8) is 0 Å². The summed E-state index contributed by atoms with van der Waals surface area (Å²) < 4.78 is 0. The molecule has 0 aliphatic carbocycles. The van der Waals surface area contributed by atoms with Gasteiger partial charge < -0.3 is 5.32 Å². The molecule has 5 nitrogen and oxygen atoms in total. The van der Waals surface area contributed by atoms with Gasteiger partial charge in [-0.15, -0.1) is 0 Å². The zero-order valence-electron chi connectivity index (χ0n) is 10.4. The molecule has 0 radical (unpaired) electrons. The fourth-order valence-corrected chi connectivity index (χ4v) is 2.45. The number of halogens is 1. The van der Waals surface area contributed by atoms with Gasteiger partial charge in [0, 0.05) is 28.4 Å². The maximum atomic E-state index is 11.5. The summed E-state index contributed by atoms with van der Waals surface area (Å²) in [6.45, 7) is 0. The number of nitrogens with zero attached hydrogens (tertiary/aromatic N) is 1. The number of amides is 1. The van der Waals surface area contributed by atoms with Crippen molar-refractivity contribution < 1.29 is 4.79 Å². The third-order valence-corrected chi connectivity index (χ3v) is 4.11. The first-order chi connectivity index (χ1) is 9.69. The largest absolute Gasteiger partial charge is 0.317 e. The summed E-state index contributed by atoms with van der Waals surface area (Å²) in [4.78, 5) is 22.5. The van der Waals surface area contributed by atoms with Crippen LogP contribution in [-0.4, -0.2) is 26.5 Å². The smallest absolute Gasteiger partial charge is 0.283 e. The second-order valence-electron chi connectivity index (χ2n) is 3.83. The summed E-state index contributed by atoms with van der Waals surface area (Å²) in [7, 11) is 0. The van der Waals surface area contributed by atoms with E-state index >= 15 is 0 Å². The quantitative estimate of drug-likeness (QED) is 0.828. The van der Waals surface area contributed by atoms with Crippen LogP contribution in [0.25, 0.3) is 11.3 Å². The Balaban J connectivity index is 2.04. The molecule has 7 heteroatoms. The molecule has 1 amide bonds. The minimum Gasteiger partial charge on any atom is -0.317 e. The maximum Gasteiger partial charge on any atom is 0.283 e. The van der Waals surface area contributed by atoms with E-state index in [0.717, 1.165) is 22.3 Å². The highest BCUT2D eigenvalue weighted by atomic mass is 79.9. The van der Waals surface area contributed by atoms with E-state index in [0.29, 0.717) is 5.69 Å². The summed E-state index contributed by atoms with van der Waals surface area (Å²) in [6.07, 6.45) is 0. The molecule has 2 N–H and O–H groups in total. The number of aromatic amines is 1. The molecule has 0 bridgehead atoms. The van der Waals surface area contributed by atoms with E-state index in [1.807, 2.05) is 12.1 Å². The van der Waals surface area contributed by atoms with Crippen LogP contribution in [0.2, 0.25) is 0 Å². The molecule has 0 saturated carbocycles. The fourth-order valence-electron chi connectivity index (χ4n) is 1.51. The van der Waals surface area contributed by atoms with Crippen molar-refractivity contribution in [3.05, 3.63) is 46.8 Å². The van der Waals surface area contributed by atoms with Gasteiger partial charge in [-0.25, -0.2) is 5.10 Å². The fraction of sp³-hybridized carbons (Fsp3) is 0.154. The lowest BCUT2D eigenvalue weighted by Crippen LogP contribution is -2.06. The number of hydrogen-bond acceptors (Lipinski definition) is 4. The highest BCUT2D eigenvalue weighted by Gasteiger charge is 2.03. The Hall–Kier alpha value is -1.60. The van der Waals surface area contributed by atoms with Crippen LogP contribution >= 0.6 is 27.7 Å². The Labute approximate surface area is 128 Å². The van der Waals surface area contributed by atoms with Crippen molar-refractivity contribution in [1.82, 2.24) is 10.2 Å². The molecule has 20 heavy (non-hydrogen) atoms. The van der Waals surface area contributed by atoms with Gasteiger partial charge in [-0.3, -0.25) is 9.59 Å². The predicted octanol–water partition coefficient (Wildman–Crippen LogP) is 3.10. The number of anilines is 1. The molecule has 0 spiro atoms. The van der Waals surface area contributed by atoms with Gasteiger partial charge in [0.05, 0.1) is 5.69 Å². The number of H-pyrrole nitrogens is 1. The Bertz CT molecular complexity index is 622. The Morgan fingerprint density at radius 3 is 2.60 bits per heavy atom. The topological polar surface area (TPSA) is 74.8 Å². The molecular weight excluding hydrogens is 342 g/mol. The summed E-state index contributed by atoms with van der Waals surface area (Å²) in [6, 6.07) is 10.4. The average molecular weight is 354 g/mol. The number of thioether (sulfide) groups is 1. The van der Waals surface area contributed by atoms with Crippen LogP contribution in [0, 0.1) is 0 Å². The Kier molecular flexibility index (Phi) is 5.37. The third kappa shape index (κ3) is 4.21. The van der Waals surface area contributed by atoms with Crippen LogP contribution in [-0.2, 0) is 0 Å². The van der Waals surface area contributed by atoms with Crippen molar-refractivity contribution in [2.24, 2.45) is 0 Å². The van der Waals surface area contributed by atoms with Crippen LogP contribution in [0.1, 0.15) is 0 Å². The van der Waals surface area contributed by atoms with E-state index in [9.17, 15) is 9.59 Å². The van der Waals surface area contributed by atoms with Gasteiger partial charge in [0.25, 0.3) is 10.8 Å². The van der Waals surface area contributed by atoms with E-state index < -0.39 is 0 Å². The summed E-state index contributed by atoms with van der Waals surface area (Å²) in [5.41, 5.74) is 2.04. The number of aromatic nitrogens is 2. The predicted molar refractivity (Wildman–Crippen MR) is 85.6 cm³/mol. The SMILES string of the molecule is O=C(Nc1ccc(-c2ccc(=O)[nH]n2)cc1)SCCBr. The lowest BCUT2D eigenvalue weighted by Gasteiger charge is -2.05. The van der Waals surface area contributed by atoms with Gasteiger partial charge in [-0.1, -0.05) is 39.8 Å². The van der Waals surface area contributed by atoms with Crippen molar-refractivity contribution in [1.29, 1.82) is 0 Å². The zero-order chi connectivity index (χ0) is 14.4. The normalized spacial score (nSPS) is 10.2. The number of hydrogen-bond donors (Lipinski definition) is 2. The zero-order valence-corrected chi connectivity index (χ0v) is 12.8. The van der Waals surface area contributed by atoms with Crippen LogP contribution in [0.4, 0.5) is 10.5 Å². The second kappa shape index (κ2) is 7.25. The van der Waals surface area contributed by atoms with Crippen molar-refractivity contribution in [2.45, 2.75) is 0 Å². The first-order valence-electron chi connectivity index (χ1n) is 5.85. The molecule has 2 aromatic rings. The highest BCUT2D eigenvalue weighted by molar-refractivity contribution is 9.09. The molecule has 0 aliphatic rings. The minimum absolute atomic E-state index is 0.0839. The lowest BCUT2D eigenvalue weighted by molar-refractivity contribution is 0.270. The van der Waals surface area contributed by atoms with E-state index in [-0.39, 0.29) is 10.8 Å². The molecule has 0 atom stereocenters. The van der Waals surface area contributed by atoms with Gasteiger partial charge in [-0.05, 0) is 18.2 Å². The molecule has 1 aromatic heterocycles. The monoisotopic (exact) mass is 353 g/mol. The van der Waals surface area contributed by atoms with Gasteiger partial charge >= 0.3 is 0 Å². The molecule has 1 heterocycles. The number of benzene rings is 1. The molecule has 0 saturated heterocycles. The molecule has 0 fully saturated rings. The summed E-state index contributed by atoms with van der Waals surface area (Å²) in [5.74, 6) is 0.727. The van der Waals surface area contributed by atoms with Crippen LogP contribution in [0.15, 0.2) is 41.2 Å². The van der Waals surface area contributed by atoms with E-state index in [1.54, 1.807) is 18.2 Å². The molecule has 1 aromatic carbocycles. The first kappa shape index (κ1) is 14.8. The van der Waals surface area contributed by atoms with Crippen LogP contribution < -0.4 is 10.9 Å². The lowest BCUT2D eigenvalue weighted by atomic mass is 10.1. The summed E-state index contributed by atoms with van der Waals surface area (Å²) >= 11 is 4.50. The minimum atomic E-state index is -0.235. The van der Waals surface area contributed by atoms with E-state index in [2.05, 4.69) is 31.4 Å². The highest BCUT2D eigenvalue weighted by Crippen LogP contribution is 2.19. The molecule has 104 valence electrons. The van der Waals surface area contributed by atoms with Crippen LogP contribution in [0.5, 0.6) is 0 Å². The van der Waals surface area contributed by atoms with Crippen molar-refractivity contribution in [2.75, 3.05) is 16.4 Å². The molecule has 0 unspecified atom stereocenters. The molecule has 2 rings (SSSR count). The van der Waals surface area contributed by atoms with Gasteiger partial charge in [-0.2, -0.15) is 5.10 Å². The summed E-state index contributed by atoms with van der Waals surface area (Å²) in [5, 5.41) is 9.82. The van der Waals surface area contributed by atoms with Gasteiger partial charge in [0.1, 0.15) is 0 Å². The van der Waals surface area contributed by atoms with Crippen molar-refractivity contribution >= 4 is 38.6 Å². The van der Waals surface area contributed by atoms with Crippen LogP contribution in [0.3, 0.4) is 0 Å². The number of carbonyl (C=O) groups excluding carboxylic acids is 1. The molecule has 0 aliphatic heterocycles. The Morgan fingerprint density at radius 2 is 2.00 bits per heavy atom. The number of alkyl halides is 1. The standard InChI is InChI=1S/C13H12BrN3O2S/c14-7-8-20-13(19)15-10-3-1-9(2-4-10)11-5-6-12(18)17-16-11/h1-6H,7-8H2,(H,15,19)(H,17,18). The Morgan fingerprint density at radius 1 is 1.25 bits per heavy atom. The van der Waals surface area contributed by atoms with E-state index in [4.69, 9.17) is 0 Å². The number of nitrogens with one attached hydrogen (secondary N) is 2. The van der Waals surface area contributed by atoms with Gasteiger partial charge in [0.2, 0.25) is 0 Å². The second-order valence-corrected chi connectivity index (χ2v) is 5.69. The van der Waals surface area contributed by atoms with Gasteiger partial charge in [0.15, 0.2) is 0 Å². The third-order valence-electron chi connectivity index (χ3n) is 2.42. The molecular formula is C13H12BrN3O2S. The number of rotatable bonds is 4.